The summed E-state index contributed by atoms with van der Waals surface area (Å²) >= 11 is 0. The molecular weight excluding hydrogens is 993 g/mol. The van der Waals surface area contributed by atoms with Gasteiger partial charge in [-0.2, -0.15) is 0 Å². The van der Waals surface area contributed by atoms with Crippen molar-refractivity contribution in [3.8, 4) is 11.8 Å². The van der Waals surface area contributed by atoms with Gasteiger partial charge in [0.15, 0.2) is 0 Å². The number of aromatic nitrogens is 4. The molecular formula is C57H62N6O14. The quantitative estimate of drug-likeness (QED) is 0.0304. The predicted octanol–water partition coefficient (Wildman–Crippen LogP) is 5.12. The van der Waals surface area contributed by atoms with Crippen LogP contribution in [-0.2, 0) is 75.1 Å². The van der Waals surface area contributed by atoms with Crippen LogP contribution in [0.25, 0.3) is 12.2 Å². The number of hydrogen-bond donors (Lipinski definition) is 2. The maximum absolute atomic E-state index is 14.2. The van der Waals surface area contributed by atoms with E-state index < -0.39 is 95.3 Å². The summed E-state index contributed by atoms with van der Waals surface area (Å²) in [5, 5.41) is 23.7. The summed E-state index contributed by atoms with van der Waals surface area (Å²) in [6, 6.07) is 15.2. The van der Waals surface area contributed by atoms with Gasteiger partial charge in [-0.05, 0) is 70.2 Å². The van der Waals surface area contributed by atoms with E-state index in [1.807, 2.05) is 86.0 Å². The second kappa shape index (κ2) is 24.9. The number of anilines is 2. The van der Waals surface area contributed by atoms with Gasteiger partial charge in [-0.1, -0.05) is 74.2 Å². The van der Waals surface area contributed by atoms with Crippen molar-refractivity contribution in [2.24, 2.45) is 0 Å². The number of hydrogen-bond acceptors (Lipinski definition) is 16. The summed E-state index contributed by atoms with van der Waals surface area (Å²) in [5.41, 5.74) is 5.17. The summed E-state index contributed by atoms with van der Waals surface area (Å²) in [6.45, 7) is 19.9. The number of aromatic hydroxyl groups is 2. The molecule has 404 valence electrons. The summed E-state index contributed by atoms with van der Waals surface area (Å²) < 4.78 is 24.0. The SMILES string of the molecule is C=CC(=O)OCCCN1C(=C=Cc2c(O)n(CCCn3c(O)c(C=C=C4N(CCCOC(=O)C=C)c5ccccc5C4(C)C)c(=O)n(CCOC(=O)C=C)c3=O)c(=O)n(CCOC(=O)C=C)c2=O)C(C)(C)c2ccccc21. The molecule has 2 aliphatic heterocycles. The molecule has 20 heteroatoms. The van der Waals surface area contributed by atoms with Crippen molar-refractivity contribution in [3.05, 3.63) is 186 Å². The van der Waals surface area contributed by atoms with Crippen LogP contribution in [-0.4, -0.2) is 91.9 Å². The molecule has 0 fully saturated rings. The zero-order valence-corrected chi connectivity index (χ0v) is 43.6. The Kier molecular flexibility index (Phi) is 18.5. The molecule has 2 aromatic heterocycles. The fraction of sp³-hybridized carbons (Fsp3) is 0.333. The summed E-state index contributed by atoms with van der Waals surface area (Å²) in [6.07, 6.45) is 7.11. The summed E-state index contributed by atoms with van der Waals surface area (Å²) in [4.78, 5) is 108. The maximum Gasteiger partial charge on any atom is 0.333 e. The second-order valence-electron chi connectivity index (χ2n) is 18.7. The normalized spacial score (nSPS) is 13.6. The molecule has 0 saturated carbocycles. The van der Waals surface area contributed by atoms with E-state index in [9.17, 15) is 48.6 Å². The Labute approximate surface area is 443 Å². The Balaban J connectivity index is 1.43. The van der Waals surface area contributed by atoms with Crippen molar-refractivity contribution in [1.29, 1.82) is 0 Å². The van der Waals surface area contributed by atoms with E-state index in [1.54, 1.807) is 0 Å². The van der Waals surface area contributed by atoms with E-state index in [1.165, 1.54) is 12.2 Å². The largest absolute Gasteiger partial charge is 0.494 e. The smallest absolute Gasteiger partial charge is 0.333 e. The van der Waals surface area contributed by atoms with Crippen LogP contribution in [0.5, 0.6) is 11.8 Å². The number of rotatable bonds is 24. The molecule has 0 atom stereocenters. The van der Waals surface area contributed by atoms with Gasteiger partial charge >= 0.3 is 35.3 Å². The molecule has 2 N–H and O–H groups in total. The van der Waals surface area contributed by atoms with Crippen molar-refractivity contribution >= 4 is 47.4 Å². The molecule has 2 aromatic carbocycles. The first-order valence-electron chi connectivity index (χ1n) is 24.7. The molecule has 6 rings (SSSR count). The van der Waals surface area contributed by atoms with Crippen LogP contribution in [0.3, 0.4) is 0 Å². The monoisotopic (exact) mass is 1050 g/mol. The van der Waals surface area contributed by atoms with Crippen LogP contribution < -0.4 is 32.3 Å². The number of carbonyl (C=O) groups excluding carboxylic acids is 4. The molecule has 4 aromatic rings. The number of benzene rings is 2. The van der Waals surface area contributed by atoms with Crippen LogP contribution >= 0.6 is 0 Å². The number of allylic oxidation sites excluding steroid dienone is 2. The first-order valence-corrected chi connectivity index (χ1v) is 24.7. The molecule has 0 aliphatic carbocycles. The van der Waals surface area contributed by atoms with E-state index in [4.69, 9.17) is 18.9 Å². The number of ether oxygens (including phenoxy) is 4. The molecule has 0 bridgehead atoms. The molecule has 77 heavy (non-hydrogen) atoms. The maximum atomic E-state index is 14.2. The summed E-state index contributed by atoms with van der Waals surface area (Å²) in [7, 11) is 0. The fourth-order valence-electron chi connectivity index (χ4n) is 9.27. The van der Waals surface area contributed by atoms with Crippen LogP contribution in [0.2, 0.25) is 0 Å². The van der Waals surface area contributed by atoms with Gasteiger partial charge in [0.25, 0.3) is 11.1 Å². The van der Waals surface area contributed by atoms with E-state index >= 15 is 0 Å². The Bertz CT molecular complexity index is 3190. The molecule has 2 aliphatic rings. The Morgan fingerprint density at radius 2 is 0.831 bits per heavy atom. The van der Waals surface area contributed by atoms with Gasteiger partial charge in [0.2, 0.25) is 11.8 Å². The molecule has 0 spiro atoms. The second-order valence-corrected chi connectivity index (χ2v) is 18.7. The van der Waals surface area contributed by atoms with E-state index in [-0.39, 0.29) is 43.9 Å². The van der Waals surface area contributed by atoms with Crippen molar-refractivity contribution in [2.75, 3.05) is 49.3 Å². The average Bonchev–Trinajstić information content (AvgIpc) is 3.77. The lowest BCUT2D eigenvalue weighted by molar-refractivity contribution is -0.138. The Morgan fingerprint density at radius 3 is 1.18 bits per heavy atom. The van der Waals surface area contributed by atoms with Gasteiger partial charge in [0, 0.05) is 84.8 Å². The van der Waals surface area contributed by atoms with Crippen molar-refractivity contribution < 1.29 is 48.3 Å². The van der Waals surface area contributed by atoms with Gasteiger partial charge < -0.3 is 39.0 Å². The number of esters is 4. The number of nitrogens with zero attached hydrogens (tertiary/aromatic N) is 6. The zero-order valence-electron chi connectivity index (χ0n) is 43.6. The molecule has 0 radical (unpaired) electrons. The van der Waals surface area contributed by atoms with Crippen molar-refractivity contribution in [2.45, 2.75) is 84.0 Å². The van der Waals surface area contributed by atoms with Crippen LogP contribution in [0.1, 0.15) is 69.2 Å². The van der Waals surface area contributed by atoms with Crippen LogP contribution in [0, 0.1) is 0 Å². The summed E-state index contributed by atoms with van der Waals surface area (Å²) in [5.74, 6) is -4.27. The van der Waals surface area contributed by atoms with Crippen molar-refractivity contribution in [3.63, 3.8) is 0 Å². The number of fused-ring (bicyclic) bond motifs is 2. The lowest BCUT2D eigenvalue weighted by atomic mass is 9.84. The van der Waals surface area contributed by atoms with Crippen molar-refractivity contribution in [1.82, 2.24) is 18.3 Å². The van der Waals surface area contributed by atoms with Crippen LogP contribution in [0.4, 0.5) is 11.4 Å². The van der Waals surface area contributed by atoms with Gasteiger partial charge in [0.05, 0.1) is 37.7 Å². The van der Waals surface area contributed by atoms with Gasteiger partial charge in [-0.3, -0.25) is 27.9 Å². The molecule has 0 saturated heterocycles. The average molecular weight is 1060 g/mol. The Hall–Kier alpha value is -9.12. The highest BCUT2D eigenvalue weighted by molar-refractivity contribution is 5.82. The third-order valence-corrected chi connectivity index (χ3v) is 13.1. The minimum absolute atomic E-state index is 0.0887. The fourth-order valence-corrected chi connectivity index (χ4v) is 9.27. The lowest BCUT2D eigenvalue weighted by Gasteiger charge is -2.25. The minimum atomic E-state index is -0.999. The molecule has 4 heterocycles. The number of carbonyl (C=O) groups is 4. The lowest BCUT2D eigenvalue weighted by Crippen LogP contribution is -2.43. The number of para-hydroxylation sites is 2. The highest BCUT2D eigenvalue weighted by Gasteiger charge is 2.41. The predicted molar refractivity (Wildman–Crippen MR) is 288 cm³/mol. The molecule has 0 amide bonds. The standard InChI is InChI=1S/C57H62N6O14/c1-9-46(64)74-34-18-30-58-42-22-15-13-20-40(42)56(5,6)44(58)26-24-38-50(68)60(54(72)62(52(38)70)32-36-76-48(66)11-3)28-17-29-61-51(69)39(53(71)63(55(61)73)33-37-77-49(67)12-4)25-27-45-57(7,8)41-21-14-16-23-43(41)59(45)31-19-35-75-47(65)10-2/h9-16,20-25,68-69H,1-4,17-19,28-37H2,5-8H3. The van der Waals surface area contributed by atoms with E-state index in [0.29, 0.717) is 37.3 Å². The highest BCUT2D eigenvalue weighted by atomic mass is 16.5. The molecule has 0 unspecified atom stereocenters. The third kappa shape index (κ3) is 12.4. The van der Waals surface area contributed by atoms with E-state index in [0.717, 1.165) is 65.1 Å². The van der Waals surface area contributed by atoms with Gasteiger partial charge in [0.1, 0.15) is 24.3 Å². The van der Waals surface area contributed by atoms with Gasteiger partial charge in [-0.15, -0.1) is 0 Å². The first kappa shape index (κ1) is 57.2. The van der Waals surface area contributed by atoms with E-state index in [2.05, 4.69) is 37.8 Å². The minimum Gasteiger partial charge on any atom is -0.494 e. The van der Waals surface area contributed by atoms with Gasteiger partial charge in [-0.25, -0.2) is 28.8 Å². The third-order valence-electron chi connectivity index (χ3n) is 13.1. The highest BCUT2D eigenvalue weighted by Crippen LogP contribution is 2.48. The first-order chi connectivity index (χ1) is 36.7. The zero-order chi connectivity index (χ0) is 56.2. The molecule has 20 nitrogen and oxygen atoms in total. The van der Waals surface area contributed by atoms with Crippen LogP contribution in [0.15, 0.2) is 141 Å². The Morgan fingerprint density at radius 1 is 0.494 bits per heavy atom. The topological polar surface area (TPSA) is 240 Å².